The minimum Gasteiger partial charge on any atom is -0.309 e. The zero-order valence-corrected chi connectivity index (χ0v) is 11.8. The molecule has 3 nitrogen and oxygen atoms in total. The highest BCUT2D eigenvalue weighted by atomic mass is 32.2. The van der Waals surface area contributed by atoms with Crippen molar-refractivity contribution in [2.45, 2.75) is 25.7 Å². The molecular weight excluding hydrogens is 298 g/mol. The molecule has 1 aromatic carbocycles. The summed E-state index contributed by atoms with van der Waals surface area (Å²) in [5.41, 5.74) is -1.09. The Morgan fingerprint density at radius 1 is 1.30 bits per heavy atom. The van der Waals surface area contributed by atoms with Crippen molar-refractivity contribution in [3.05, 3.63) is 35.1 Å². The van der Waals surface area contributed by atoms with Gasteiger partial charge in [-0.2, -0.15) is 13.2 Å². The van der Waals surface area contributed by atoms with E-state index >= 15 is 0 Å². The fraction of sp³-hybridized carbons (Fsp3) is 0.500. The number of nitrogens with one attached hydrogen (secondary N) is 1. The van der Waals surface area contributed by atoms with Gasteiger partial charge in [-0.25, -0.2) is 12.8 Å². The van der Waals surface area contributed by atoms with Gasteiger partial charge >= 0.3 is 6.18 Å². The van der Waals surface area contributed by atoms with Crippen LogP contribution in [0.3, 0.4) is 0 Å². The molecule has 0 aromatic heterocycles. The second-order valence-corrected chi connectivity index (χ2v) is 6.87. The topological polar surface area (TPSA) is 46.2 Å². The van der Waals surface area contributed by atoms with Gasteiger partial charge in [0.15, 0.2) is 0 Å². The molecule has 1 unspecified atom stereocenters. The van der Waals surface area contributed by atoms with Crippen molar-refractivity contribution in [3.63, 3.8) is 0 Å². The van der Waals surface area contributed by atoms with E-state index in [9.17, 15) is 26.0 Å². The Morgan fingerprint density at radius 2 is 1.90 bits per heavy atom. The molecule has 0 heterocycles. The first-order chi connectivity index (χ1) is 8.99. The Kier molecular flexibility index (Phi) is 5.15. The average Bonchev–Trinajstić information content (AvgIpc) is 2.24. The molecule has 0 aliphatic rings. The molecule has 0 saturated carbocycles. The Morgan fingerprint density at radius 3 is 2.40 bits per heavy atom. The van der Waals surface area contributed by atoms with E-state index in [2.05, 4.69) is 5.32 Å². The van der Waals surface area contributed by atoms with Crippen LogP contribution in [0, 0.1) is 5.82 Å². The highest BCUT2D eigenvalue weighted by molar-refractivity contribution is 7.90. The van der Waals surface area contributed by atoms with Crippen LogP contribution in [0.2, 0.25) is 0 Å². The summed E-state index contributed by atoms with van der Waals surface area (Å²) in [5, 5.41) is 2.78. The highest BCUT2D eigenvalue weighted by Gasteiger charge is 2.34. The van der Waals surface area contributed by atoms with Crippen molar-refractivity contribution in [2.24, 2.45) is 0 Å². The zero-order chi connectivity index (χ0) is 15.6. The summed E-state index contributed by atoms with van der Waals surface area (Å²) in [6.07, 6.45) is -3.68. The average molecular weight is 313 g/mol. The Bertz CT molecular complexity index is 569. The smallest absolute Gasteiger partial charge is 0.309 e. The van der Waals surface area contributed by atoms with E-state index in [1.807, 2.05) is 0 Å². The Labute approximate surface area is 114 Å². The van der Waals surface area contributed by atoms with Crippen molar-refractivity contribution in [2.75, 3.05) is 12.0 Å². The molecule has 1 aromatic rings. The van der Waals surface area contributed by atoms with Crippen LogP contribution in [0.15, 0.2) is 18.2 Å². The molecular formula is C12H15F4NO2S. The number of hydrogen-bond acceptors (Lipinski definition) is 3. The second kappa shape index (κ2) is 6.09. The van der Waals surface area contributed by atoms with Gasteiger partial charge in [-0.05, 0) is 24.6 Å². The Balaban J connectivity index is 2.75. The second-order valence-electron chi connectivity index (χ2n) is 4.69. The van der Waals surface area contributed by atoms with Gasteiger partial charge in [0.2, 0.25) is 0 Å². The summed E-state index contributed by atoms with van der Waals surface area (Å²) < 4.78 is 72.7. The molecule has 20 heavy (non-hydrogen) atoms. The van der Waals surface area contributed by atoms with E-state index in [-0.39, 0.29) is 17.9 Å². The standard InChI is InChI=1S/C12H15F4NO2S/c1-8(7-20(2,18)19)17-6-9-3-4-11(13)10(5-9)12(14,15)16/h3-5,8,17H,6-7H2,1-2H3. The molecule has 8 heteroatoms. The third kappa shape index (κ3) is 5.46. The van der Waals surface area contributed by atoms with E-state index in [0.717, 1.165) is 18.4 Å². The van der Waals surface area contributed by atoms with Gasteiger partial charge in [0.05, 0.1) is 11.3 Å². The summed E-state index contributed by atoms with van der Waals surface area (Å²) in [7, 11) is -3.17. The predicted molar refractivity (Wildman–Crippen MR) is 67.4 cm³/mol. The molecule has 1 N–H and O–H groups in total. The van der Waals surface area contributed by atoms with Crippen molar-refractivity contribution in [1.82, 2.24) is 5.32 Å². The van der Waals surface area contributed by atoms with Gasteiger partial charge in [0, 0.05) is 18.8 Å². The number of rotatable bonds is 5. The fourth-order valence-corrected chi connectivity index (χ4v) is 2.73. The zero-order valence-electron chi connectivity index (χ0n) is 11.0. The largest absolute Gasteiger partial charge is 0.419 e. The molecule has 0 aliphatic carbocycles. The van der Waals surface area contributed by atoms with Crippen LogP contribution in [0.4, 0.5) is 17.6 Å². The SMILES string of the molecule is CC(CS(C)(=O)=O)NCc1ccc(F)c(C(F)(F)F)c1. The lowest BCUT2D eigenvalue weighted by Gasteiger charge is -2.14. The van der Waals surface area contributed by atoms with E-state index in [1.54, 1.807) is 6.92 Å². The third-order valence-electron chi connectivity index (χ3n) is 2.54. The lowest BCUT2D eigenvalue weighted by Crippen LogP contribution is -2.32. The van der Waals surface area contributed by atoms with Crippen LogP contribution in [0.5, 0.6) is 0 Å². The molecule has 0 spiro atoms. The first-order valence-corrected chi connectivity index (χ1v) is 7.82. The number of sulfone groups is 1. The monoisotopic (exact) mass is 313 g/mol. The van der Waals surface area contributed by atoms with E-state index < -0.39 is 33.4 Å². The molecule has 1 atom stereocenters. The lowest BCUT2D eigenvalue weighted by atomic mass is 10.1. The number of alkyl halides is 3. The van der Waals surface area contributed by atoms with Gasteiger partial charge in [-0.1, -0.05) is 6.07 Å². The quantitative estimate of drug-likeness (QED) is 0.849. The molecule has 0 fully saturated rings. The van der Waals surface area contributed by atoms with Gasteiger partial charge in [0.25, 0.3) is 0 Å². The van der Waals surface area contributed by atoms with Crippen molar-refractivity contribution >= 4 is 9.84 Å². The van der Waals surface area contributed by atoms with Gasteiger partial charge in [-0.3, -0.25) is 0 Å². The first-order valence-electron chi connectivity index (χ1n) is 5.76. The van der Waals surface area contributed by atoms with E-state index in [1.165, 1.54) is 6.07 Å². The minimum absolute atomic E-state index is 0.0278. The molecule has 1 rings (SSSR count). The minimum atomic E-state index is -4.75. The van der Waals surface area contributed by atoms with Crippen molar-refractivity contribution in [1.29, 1.82) is 0 Å². The molecule has 114 valence electrons. The number of halogens is 4. The van der Waals surface area contributed by atoms with Gasteiger partial charge < -0.3 is 5.32 Å². The third-order valence-corrected chi connectivity index (χ3v) is 3.65. The fourth-order valence-electron chi connectivity index (χ4n) is 1.70. The summed E-state index contributed by atoms with van der Waals surface area (Å²) in [5.74, 6) is -1.45. The van der Waals surface area contributed by atoms with Crippen LogP contribution >= 0.6 is 0 Å². The highest BCUT2D eigenvalue weighted by Crippen LogP contribution is 2.31. The van der Waals surface area contributed by atoms with Crippen molar-refractivity contribution in [3.8, 4) is 0 Å². The van der Waals surface area contributed by atoms with Crippen molar-refractivity contribution < 1.29 is 26.0 Å². The normalized spacial score (nSPS) is 14.3. The van der Waals surface area contributed by atoms with Crippen LogP contribution in [-0.4, -0.2) is 26.5 Å². The molecule has 0 aliphatic heterocycles. The first kappa shape index (κ1) is 16.9. The molecule has 0 bridgehead atoms. The van der Waals surface area contributed by atoms with Gasteiger partial charge in [0.1, 0.15) is 15.7 Å². The predicted octanol–water partition coefficient (Wildman–Crippen LogP) is 2.37. The number of hydrogen-bond donors (Lipinski definition) is 1. The van der Waals surface area contributed by atoms with Crippen LogP contribution in [0.1, 0.15) is 18.1 Å². The van der Waals surface area contributed by atoms with Crippen LogP contribution in [-0.2, 0) is 22.6 Å². The maximum absolute atomic E-state index is 13.1. The maximum atomic E-state index is 13.1. The molecule has 0 saturated heterocycles. The summed E-state index contributed by atoms with van der Waals surface area (Å²) >= 11 is 0. The lowest BCUT2D eigenvalue weighted by molar-refractivity contribution is -0.140. The van der Waals surface area contributed by atoms with E-state index in [4.69, 9.17) is 0 Å². The Hall–Kier alpha value is -1.15. The maximum Gasteiger partial charge on any atom is 0.419 e. The number of benzene rings is 1. The summed E-state index contributed by atoms with van der Waals surface area (Å²) in [6.45, 7) is 1.63. The summed E-state index contributed by atoms with van der Waals surface area (Å²) in [6, 6.07) is 2.28. The van der Waals surface area contributed by atoms with Crippen LogP contribution in [0.25, 0.3) is 0 Å². The molecule has 0 amide bonds. The van der Waals surface area contributed by atoms with E-state index in [0.29, 0.717) is 0 Å². The summed E-state index contributed by atoms with van der Waals surface area (Å²) in [4.78, 5) is 0. The van der Waals surface area contributed by atoms with Crippen LogP contribution < -0.4 is 5.32 Å². The molecule has 0 radical (unpaired) electrons. The van der Waals surface area contributed by atoms with Gasteiger partial charge in [-0.15, -0.1) is 0 Å².